The number of hydrogen-bond donors (Lipinski definition) is 1. The average molecular weight is 474 g/mol. The predicted molar refractivity (Wildman–Crippen MR) is 128 cm³/mol. The third-order valence-corrected chi connectivity index (χ3v) is 8.06. The Bertz CT molecular complexity index is 863. The molecule has 3 heterocycles. The van der Waals surface area contributed by atoms with Crippen LogP contribution in [0.4, 0.5) is 4.79 Å². The zero-order valence-electron chi connectivity index (χ0n) is 19.7. The first kappa shape index (κ1) is 24.1. The van der Waals surface area contributed by atoms with Gasteiger partial charge in [-0.1, -0.05) is 25.5 Å². The van der Waals surface area contributed by atoms with Crippen LogP contribution in [0.15, 0.2) is 29.2 Å². The van der Waals surface area contributed by atoms with Crippen LogP contribution in [-0.4, -0.2) is 71.8 Å². The molecule has 0 spiro atoms. The molecule has 0 bridgehead atoms. The van der Waals surface area contributed by atoms with E-state index < -0.39 is 5.54 Å². The first-order valence-electron chi connectivity index (χ1n) is 12.1. The number of carbonyl (C=O) groups excluding carboxylic acids is 3. The second-order valence-corrected chi connectivity index (χ2v) is 10.3. The molecule has 2 atom stereocenters. The van der Waals surface area contributed by atoms with Gasteiger partial charge in [0.15, 0.2) is 0 Å². The Hall–Kier alpha value is -2.06. The van der Waals surface area contributed by atoms with Crippen molar-refractivity contribution >= 4 is 29.6 Å². The Balaban J connectivity index is 1.38. The number of piperidine rings is 1. The van der Waals surface area contributed by atoms with E-state index in [2.05, 4.69) is 5.32 Å². The Morgan fingerprint density at radius 2 is 1.91 bits per heavy atom. The number of urea groups is 1. The molecule has 4 rings (SSSR count). The van der Waals surface area contributed by atoms with Gasteiger partial charge in [0.05, 0.1) is 19.1 Å². The van der Waals surface area contributed by atoms with Crippen molar-refractivity contribution in [2.75, 3.05) is 32.5 Å². The summed E-state index contributed by atoms with van der Waals surface area (Å²) < 4.78 is 5.67. The summed E-state index contributed by atoms with van der Waals surface area (Å²) >= 11 is 1.69. The van der Waals surface area contributed by atoms with Crippen molar-refractivity contribution in [2.45, 2.75) is 68.4 Å². The number of carbonyl (C=O) groups is 3. The van der Waals surface area contributed by atoms with Gasteiger partial charge in [-0.05, 0) is 62.0 Å². The van der Waals surface area contributed by atoms with E-state index >= 15 is 0 Å². The third kappa shape index (κ3) is 5.06. The molecule has 180 valence electrons. The van der Waals surface area contributed by atoms with E-state index in [9.17, 15) is 14.4 Å². The van der Waals surface area contributed by atoms with Crippen LogP contribution in [0, 0.1) is 5.92 Å². The van der Waals surface area contributed by atoms with E-state index in [-0.39, 0.29) is 29.9 Å². The normalized spacial score (nSPS) is 26.2. The fraction of sp³-hybridized carbons (Fsp3) is 0.640. The molecule has 0 aliphatic carbocycles. The minimum atomic E-state index is -0.854. The third-order valence-electron chi connectivity index (χ3n) is 7.32. The quantitative estimate of drug-likeness (QED) is 0.462. The lowest BCUT2D eigenvalue weighted by atomic mass is 9.74. The Morgan fingerprint density at radius 1 is 1.18 bits per heavy atom. The van der Waals surface area contributed by atoms with Crippen molar-refractivity contribution in [1.82, 2.24) is 15.1 Å². The first-order chi connectivity index (χ1) is 16.0. The summed E-state index contributed by atoms with van der Waals surface area (Å²) in [5, 5.41) is 3.08. The van der Waals surface area contributed by atoms with Crippen molar-refractivity contribution in [2.24, 2.45) is 5.92 Å². The maximum absolute atomic E-state index is 13.5. The van der Waals surface area contributed by atoms with Crippen molar-refractivity contribution < 1.29 is 19.1 Å². The van der Waals surface area contributed by atoms with E-state index in [1.54, 1.807) is 11.8 Å². The first-order valence-corrected chi connectivity index (χ1v) is 13.4. The van der Waals surface area contributed by atoms with Crippen LogP contribution < -0.4 is 5.32 Å². The van der Waals surface area contributed by atoms with Crippen molar-refractivity contribution in [1.29, 1.82) is 0 Å². The lowest BCUT2D eigenvalue weighted by Gasteiger charge is -2.41. The number of amides is 4. The molecular weight excluding hydrogens is 438 g/mol. The van der Waals surface area contributed by atoms with Crippen LogP contribution >= 0.6 is 11.8 Å². The van der Waals surface area contributed by atoms with Crippen molar-refractivity contribution in [3.63, 3.8) is 0 Å². The smallest absolute Gasteiger partial charge is 0.325 e. The molecule has 3 fully saturated rings. The molecule has 0 unspecified atom stereocenters. The molecule has 3 aliphatic heterocycles. The molecule has 3 saturated heterocycles. The lowest BCUT2D eigenvalue weighted by molar-refractivity contribution is -0.136. The van der Waals surface area contributed by atoms with E-state index in [1.807, 2.05) is 42.3 Å². The molecule has 1 aromatic rings. The van der Waals surface area contributed by atoms with E-state index in [4.69, 9.17) is 4.74 Å². The topological polar surface area (TPSA) is 79.0 Å². The molecule has 3 aliphatic rings. The number of nitrogens with zero attached hydrogens (tertiary/aromatic N) is 2. The zero-order chi connectivity index (χ0) is 23.4. The summed E-state index contributed by atoms with van der Waals surface area (Å²) in [7, 11) is 0. The van der Waals surface area contributed by atoms with Crippen molar-refractivity contribution in [3.8, 4) is 0 Å². The van der Waals surface area contributed by atoms with Gasteiger partial charge < -0.3 is 15.0 Å². The molecular formula is C25H35N3O4S. The van der Waals surface area contributed by atoms with Crippen LogP contribution in [0.25, 0.3) is 0 Å². The Kier molecular flexibility index (Phi) is 7.64. The molecule has 7 nitrogen and oxygen atoms in total. The molecule has 0 radical (unpaired) electrons. The highest BCUT2D eigenvalue weighted by Gasteiger charge is 2.55. The highest BCUT2D eigenvalue weighted by atomic mass is 32.2. The van der Waals surface area contributed by atoms with Gasteiger partial charge in [-0.15, -0.1) is 11.8 Å². The van der Waals surface area contributed by atoms with Gasteiger partial charge in [0.1, 0.15) is 5.54 Å². The minimum Gasteiger partial charge on any atom is -0.376 e. The SMILES string of the molecule is CCC[C@]1(C2CCN(C(=O)Cc3ccc(SC)cc3)CC2)NC(=O)N(C[C@H]2CCCO2)C1=O. The number of nitrogens with one attached hydrogen (secondary N) is 1. The number of benzene rings is 1. The van der Waals surface area contributed by atoms with Gasteiger partial charge in [0, 0.05) is 24.6 Å². The maximum atomic E-state index is 13.5. The monoisotopic (exact) mass is 473 g/mol. The largest absolute Gasteiger partial charge is 0.376 e. The zero-order valence-corrected chi connectivity index (χ0v) is 20.5. The maximum Gasteiger partial charge on any atom is 0.325 e. The Labute approximate surface area is 200 Å². The van der Waals surface area contributed by atoms with Gasteiger partial charge >= 0.3 is 6.03 Å². The second kappa shape index (κ2) is 10.5. The predicted octanol–water partition coefficient (Wildman–Crippen LogP) is 3.46. The second-order valence-electron chi connectivity index (χ2n) is 9.38. The number of rotatable bonds is 8. The molecule has 33 heavy (non-hydrogen) atoms. The minimum absolute atomic E-state index is 0.0355. The molecule has 1 aromatic carbocycles. The summed E-state index contributed by atoms with van der Waals surface area (Å²) in [5.41, 5.74) is 0.165. The number of hydrogen-bond acceptors (Lipinski definition) is 5. The molecule has 8 heteroatoms. The van der Waals surface area contributed by atoms with Crippen LogP contribution in [0.1, 0.15) is 51.0 Å². The van der Waals surface area contributed by atoms with Crippen LogP contribution in [0.3, 0.4) is 0 Å². The Morgan fingerprint density at radius 3 is 2.52 bits per heavy atom. The summed E-state index contributed by atoms with van der Waals surface area (Å²) in [6.45, 7) is 4.32. The van der Waals surface area contributed by atoms with Gasteiger partial charge in [-0.2, -0.15) is 0 Å². The number of likely N-dealkylation sites (tertiary alicyclic amines) is 1. The van der Waals surface area contributed by atoms with Crippen LogP contribution in [-0.2, 0) is 20.7 Å². The summed E-state index contributed by atoms with van der Waals surface area (Å²) in [6.07, 6.45) is 7.11. The standard InChI is InChI=1S/C25H35N3O4S/c1-3-12-25(23(30)28(24(31)26-25)17-20-5-4-15-32-20)19-10-13-27(14-11-19)22(29)16-18-6-8-21(33-2)9-7-18/h6-9,19-20H,3-5,10-17H2,1-2H3,(H,26,31)/t20-,25-/m1/s1. The summed E-state index contributed by atoms with van der Waals surface area (Å²) in [6, 6.07) is 7.83. The fourth-order valence-corrected chi connectivity index (χ4v) is 5.91. The number of thioether (sulfide) groups is 1. The highest BCUT2D eigenvalue weighted by molar-refractivity contribution is 7.98. The van der Waals surface area contributed by atoms with E-state index in [1.165, 1.54) is 9.80 Å². The average Bonchev–Trinajstić information content (AvgIpc) is 3.43. The van der Waals surface area contributed by atoms with Crippen LogP contribution in [0.5, 0.6) is 0 Å². The fourth-order valence-electron chi connectivity index (χ4n) is 5.50. The number of ether oxygens (including phenoxy) is 1. The summed E-state index contributed by atoms with van der Waals surface area (Å²) in [4.78, 5) is 43.7. The van der Waals surface area contributed by atoms with Crippen molar-refractivity contribution in [3.05, 3.63) is 29.8 Å². The molecule has 0 aromatic heterocycles. The van der Waals surface area contributed by atoms with Gasteiger partial charge in [0.25, 0.3) is 5.91 Å². The molecule has 0 saturated carbocycles. The highest BCUT2D eigenvalue weighted by Crippen LogP contribution is 2.37. The van der Waals surface area contributed by atoms with Gasteiger partial charge in [-0.25, -0.2) is 4.79 Å². The van der Waals surface area contributed by atoms with Gasteiger partial charge in [0.2, 0.25) is 5.91 Å². The van der Waals surface area contributed by atoms with Crippen LogP contribution in [0.2, 0.25) is 0 Å². The number of imide groups is 1. The van der Waals surface area contributed by atoms with E-state index in [0.29, 0.717) is 39.1 Å². The summed E-state index contributed by atoms with van der Waals surface area (Å²) in [5.74, 6) is 0.0495. The molecule has 1 N–H and O–H groups in total. The molecule has 4 amide bonds. The lowest BCUT2D eigenvalue weighted by Crippen LogP contribution is -2.56. The van der Waals surface area contributed by atoms with E-state index in [0.717, 1.165) is 37.7 Å². The van der Waals surface area contributed by atoms with Gasteiger partial charge in [-0.3, -0.25) is 14.5 Å².